The van der Waals surface area contributed by atoms with E-state index in [2.05, 4.69) is 217 Å². The van der Waals surface area contributed by atoms with Gasteiger partial charge in [0.2, 0.25) is 0 Å². The molecular formula is C52H35NS. The van der Waals surface area contributed by atoms with Crippen LogP contribution in [0.3, 0.4) is 0 Å². The van der Waals surface area contributed by atoms with Gasteiger partial charge < -0.3 is 4.90 Å². The van der Waals surface area contributed by atoms with Gasteiger partial charge >= 0.3 is 0 Å². The average molecular weight is 706 g/mol. The molecule has 2 heteroatoms. The van der Waals surface area contributed by atoms with Gasteiger partial charge in [0.05, 0.1) is 5.69 Å². The van der Waals surface area contributed by atoms with Crippen LogP contribution in [0.25, 0.3) is 75.5 Å². The van der Waals surface area contributed by atoms with Gasteiger partial charge in [-0.25, -0.2) is 0 Å². The molecule has 0 saturated heterocycles. The van der Waals surface area contributed by atoms with Crippen molar-refractivity contribution < 1.29 is 0 Å². The number of benzene rings is 9. The first kappa shape index (κ1) is 32.0. The topological polar surface area (TPSA) is 3.24 Å². The number of hydrogen-bond acceptors (Lipinski definition) is 2. The molecule has 0 fully saturated rings. The van der Waals surface area contributed by atoms with Gasteiger partial charge in [-0.2, -0.15) is 0 Å². The van der Waals surface area contributed by atoms with Crippen molar-refractivity contribution in [2.24, 2.45) is 0 Å². The number of rotatable bonds is 7. The fourth-order valence-corrected chi connectivity index (χ4v) is 9.08. The van der Waals surface area contributed by atoms with Crippen LogP contribution < -0.4 is 4.90 Å². The lowest BCUT2D eigenvalue weighted by molar-refractivity contribution is 1.28. The highest BCUT2D eigenvalue weighted by Crippen LogP contribution is 2.45. The van der Waals surface area contributed by atoms with Crippen LogP contribution in [0, 0.1) is 0 Å². The maximum Gasteiger partial charge on any atom is 0.0540 e. The summed E-state index contributed by atoms with van der Waals surface area (Å²) in [5.74, 6) is 0. The first-order valence-electron chi connectivity index (χ1n) is 18.4. The molecule has 1 heterocycles. The highest BCUT2D eigenvalue weighted by Gasteiger charge is 2.19. The lowest BCUT2D eigenvalue weighted by atomic mass is 9.95. The summed E-state index contributed by atoms with van der Waals surface area (Å²) in [6.07, 6.45) is 0. The van der Waals surface area contributed by atoms with E-state index in [1.165, 1.54) is 75.5 Å². The smallest absolute Gasteiger partial charge is 0.0540 e. The van der Waals surface area contributed by atoms with E-state index in [4.69, 9.17) is 0 Å². The number of anilines is 3. The summed E-state index contributed by atoms with van der Waals surface area (Å²) >= 11 is 1.88. The zero-order valence-electron chi connectivity index (χ0n) is 29.6. The molecule has 9 aromatic carbocycles. The molecule has 10 rings (SSSR count). The van der Waals surface area contributed by atoms with Crippen molar-refractivity contribution in [2.75, 3.05) is 4.90 Å². The maximum absolute atomic E-state index is 2.41. The fourth-order valence-electron chi connectivity index (χ4n) is 7.84. The summed E-state index contributed by atoms with van der Waals surface area (Å²) in [4.78, 5) is 2.41. The molecule has 0 spiro atoms. The van der Waals surface area contributed by atoms with Gasteiger partial charge in [-0.1, -0.05) is 176 Å². The summed E-state index contributed by atoms with van der Waals surface area (Å²) < 4.78 is 2.65. The number of nitrogens with zero attached hydrogens (tertiary/aromatic N) is 1. The SMILES string of the molecule is c1ccc(-c2ccc(-c3ccc(N(c4ccc(-c5cccc6c5sc5ccccc56)cc4)c4ccccc4-c4cccc5ccccc45)cc3)cc2)cc1. The molecule has 0 aliphatic carbocycles. The van der Waals surface area contributed by atoms with Crippen molar-refractivity contribution in [3.05, 3.63) is 212 Å². The first-order chi connectivity index (χ1) is 26.8. The van der Waals surface area contributed by atoms with Gasteiger partial charge in [-0.05, 0) is 86.1 Å². The molecule has 0 saturated carbocycles. The van der Waals surface area contributed by atoms with Crippen molar-refractivity contribution in [1.29, 1.82) is 0 Å². The van der Waals surface area contributed by atoms with E-state index in [9.17, 15) is 0 Å². The van der Waals surface area contributed by atoms with Gasteiger partial charge in [0, 0.05) is 37.1 Å². The fraction of sp³-hybridized carbons (Fsp3) is 0. The van der Waals surface area contributed by atoms with E-state index < -0.39 is 0 Å². The largest absolute Gasteiger partial charge is 0.310 e. The molecule has 0 atom stereocenters. The van der Waals surface area contributed by atoms with Crippen LogP contribution in [0.2, 0.25) is 0 Å². The Balaban J connectivity index is 1.08. The Morgan fingerprint density at radius 3 is 1.52 bits per heavy atom. The first-order valence-corrected chi connectivity index (χ1v) is 19.2. The third-order valence-electron chi connectivity index (χ3n) is 10.5. The molecule has 10 aromatic rings. The number of hydrogen-bond donors (Lipinski definition) is 0. The summed E-state index contributed by atoms with van der Waals surface area (Å²) in [5, 5.41) is 5.12. The predicted octanol–water partition coefficient (Wildman–Crippen LogP) is 15.3. The van der Waals surface area contributed by atoms with Crippen molar-refractivity contribution in [1.82, 2.24) is 0 Å². The molecule has 0 unspecified atom stereocenters. The summed E-state index contributed by atoms with van der Waals surface area (Å²) in [5.41, 5.74) is 13.1. The van der Waals surface area contributed by atoms with Crippen molar-refractivity contribution >= 4 is 59.3 Å². The predicted molar refractivity (Wildman–Crippen MR) is 233 cm³/mol. The van der Waals surface area contributed by atoms with Crippen LogP contribution in [-0.4, -0.2) is 0 Å². The minimum Gasteiger partial charge on any atom is -0.310 e. The second kappa shape index (κ2) is 13.7. The zero-order chi connectivity index (χ0) is 35.8. The summed E-state index contributed by atoms with van der Waals surface area (Å²) in [7, 11) is 0. The lowest BCUT2D eigenvalue weighted by Gasteiger charge is -2.28. The molecule has 254 valence electrons. The minimum atomic E-state index is 1.10. The average Bonchev–Trinajstić information content (AvgIpc) is 3.64. The standard InChI is InChI=1S/C52H35NS/c1-2-12-36(13-3-1)37-24-26-38(27-25-37)39-28-32-42(33-29-39)53(50-22-8-6-17-47(50)46-20-10-15-40-14-4-5-16-44(40)46)43-34-30-41(31-35-43)45-19-11-21-49-48-18-7-9-23-51(48)54-52(45)49/h1-35H. The van der Waals surface area contributed by atoms with Gasteiger partial charge in [-0.15, -0.1) is 11.3 Å². The molecule has 0 N–H and O–H groups in total. The van der Waals surface area contributed by atoms with Gasteiger partial charge in [0.25, 0.3) is 0 Å². The Bertz CT molecular complexity index is 2900. The quantitative estimate of drug-likeness (QED) is 0.160. The summed E-state index contributed by atoms with van der Waals surface area (Å²) in [6.45, 7) is 0. The van der Waals surface area contributed by atoms with E-state index in [1.54, 1.807) is 0 Å². The number of para-hydroxylation sites is 1. The van der Waals surface area contributed by atoms with Crippen molar-refractivity contribution in [3.8, 4) is 44.5 Å². The molecule has 0 aliphatic rings. The van der Waals surface area contributed by atoms with Gasteiger partial charge in [-0.3, -0.25) is 0 Å². The second-order valence-corrected chi connectivity index (χ2v) is 14.7. The number of thiophene rings is 1. The zero-order valence-corrected chi connectivity index (χ0v) is 30.4. The highest BCUT2D eigenvalue weighted by atomic mass is 32.1. The normalized spacial score (nSPS) is 11.3. The van der Waals surface area contributed by atoms with E-state index in [1.807, 2.05) is 11.3 Å². The third kappa shape index (κ3) is 5.74. The Kier molecular flexibility index (Phi) is 8.09. The van der Waals surface area contributed by atoms with Crippen LogP contribution in [0.5, 0.6) is 0 Å². The molecule has 1 nitrogen and oxygen atoms in total. The minimum absolute atomic E-state index is 1.10. The van der Waals surface area contributed by atoms with Crippen molar-refractivity contribution in [2.45, 2.75) is 0 Å². The third-order valence-corrected chi connectivity index (χ3v) is 11.7. The van der Waals surface area contributed by atoms with E-state index in [-0.39, 0.29) is 0 Å². The molecule has 0 amide bonds. The van der Waals surface area contributed by atoms with Crippen LogP contribution in [0.15, 0.2) is 212 Å². The van der Waals surface area contributed by atoms with Crippen LogP contribution in [-0.2, 0) is 0 Å². The Hall–Kier alpha value is -6.74. The molecule has 0 radical (unpaired) electrons. The van der Waals surface area contributed by atoms with E-state index in [0.29, 0.717) is 0 Å². The lowest BCUT2D eigenvalue weighted by Crippen LogP contribution is -2.11. The van der Waals surface area contributed by atoms with Crippen molar-refractivity contribution in [3.63, 3.8) is 0 Å². The second-order valence-electron chi connectivity index (χ2n) is 13.7. The van der Waals surface area contributed by atoms with Crippen LogP contribution >= 0.6 is 11.3 Å². The van der Waals surface area contributed by atoms with E-state index in [0.717, 1.165) is 17.1 Å². The van der Waals surface area contributed by atoms with E-state index >= 15 is 0 Å². The summed E-state index contributed by atoms with van der Waals surface area (Å²) in [6, 6.07) is 77.0. The van der Waals surface area contributed by atoms with Crippen LogP contribution in [0.4, 0.5) is 17.1 Å². The Morgan fingerprint density at radius 2 is 0.778 bits per heavy atom. The molecule has 0 bridgehead atoms. The Labute approximate surface area is 319 Å². The highest BCUT2D eigenvalue weighted by molar-refractivity contribution is 7.26. The molecule has 1 aromatic heterocycles. The number of fused-ring (bicyclic) bond motifs is 4. The molecule has 54 heavy (non-hydrogen) atoms. The van der Waals surface area contributed by atoms with Gasteiger partial charge in [0.1, 0.15) is 0 Å². The monoisotopic (exact) mass is 705 g/mol. The molecular weight excluding hydrogens is 671 g/mol. The van der Waals surface area contributed by atoms with Crippen LogP contribution in [0.1, 0.15) is 0 Å². The molecule has 0 aliphatic heterocycles. The van der Waals surface area contributed by atoms with Gasteiger partial charge in [0.15, 0.2) is 0 Å². The Morgan fingerprint density at radius 1 is 0.296 bits per heavy atom. The maximum atomic E-state index is 2.41.